The molecule has 29 heavy (non-hydrogen) atoms. The summed E-state index contributed by atoms with van der Waals surface area (Å²) in [4.78, 5) is 13.3. The highest BCUT2D eigenvalue weighted by atomic mass is 35.5. The molecule has 0 spiro atoms. The molecule has 4 heteroatoms. The van der Waals surface area contributed by atoms with E-state index in [4.69, 9.17) is 11.6 Å². The second-order valence-corrected chi connectivity index (χ2v) is 8.14. The lowest BCUT2D eigenvalue weighted by Crippen LogP contribution is -2.88. The molecule has 4 rings (SSSR count). The Morgan fingerprint density at radius 3 is 2.62 bits per heavy atom. The molecule has 0 unspecified atom stereocenters. The van der Waals surface area contributed by atoms with Gasteiger partial charge in [0.2, 0.25) is 0 Å². The number of carbonyl (C=O) groups excluding carboxylic acids is 1. The molecule has 3 N–H and O–H groups in total. The molecular weight excluding hydrogens is 380 g/mol. The zero-order valence-electron chi connectivity index (χ0n) is 16.6. The van der Waals surface area contributed by atoms with Crippen LogP contribution in [0.15, 0.2) is 72.8 Å². The number of nitrogens with one attached hydrogen (secondary N) is 1. The minimum atomic E-state index is -0.326. The number of fused-ring (bicyclic) bond motifs is 1. The average molecular weight is 406 g/mol. The van der Waals surface area contributed by atoms with Crippen molar-refractivity contribution in [3.8, 4) is 0 Å². The number of aryl methyl sites for hydroxylation is 2. The Morgan fingerprint density at radius 2 is 1.83 bits per heavy atom. The van der Waals surface area contributed by atoms with E-state index in [1.807, 2.05) is 55.5 Å². The molecule has 1 amide bonds. The Balaban J connectivity index is 1.61. The standard InChI is InChI=1S/C25H25ClN2O/c1-17-14-15-20(16-22(17)26)27-25(29)24(19-9-3-2-4-10-19)28-23-13-7-11-18-8-5-6-12-21(18)23/h2-6,8-10,12,14-16,23-24,28H,7,11,13H2,1H3,(H,27,29)/p+1/t23-,24-/m0/s1. The van der Waals surface area contributed by atoms with Crippen LogP contribution in [0.5, 0.6) is 0 Å². The normalized spacial score (nSPS) is 16.7. The Hall–Kier alpha value is -2.62. The van der Waals surface area contributed by atoms with Crippen molar-refractivity contribution in [3.63, 3.8) is 0 Å². The largest absolute Gasteiger partial charge is 0.326 e. The zero-order valence-corrected chi connectivity index (χ0v) is 17.3. The maximum Gasteiger partial charge on any atom is 0.287 e. The number of amides is 1. The monoisotopic (exact) mass is 405 g/mol. The quantitative estimate of drug-likeness (QED) is 0.618. The number of halogens is 1. The van der Waals surface area contributed by atoms with Gasteiger partial charge in [-0.1, -0.05) is 72.3 Å². The summed E-state index contributed by atoms with van der Waals surface area (Å²) in [6.07, 6.45) is 3.34. The first-order valence-corrected chi connectivity index (χ1v) is 10.5. The van der Waals surface area contributed by atoms with Crippen molar-refractivity contribution >= 4 is 23.2 Å². The van der Waals surface area contributed by atoms with E-state index in [0.717, 1.165) is 36.1 Å². The number of hydrogen-bond donors (Lipinski definition) is 2. The van der Waals surface area contributed by atoms with Gasteiger partial charge in [-0.25, -0.2) is 0 Å². The van der Waals surface area contributed by atoms with E-state index < -0.39 is 0 Å². The molecular formula is C25H26ClN2O+. The number of carbonyl (C=O) groups is 1. The minimum absolute atomic E-state index is 0.0285. The number of anilines is 1. The predicted octanol–water partition coefficient (Wildman–Crippen LogP) is 4.97. The Morgan fingerprint density at radius 1 is 1.07 bits per heavy atom. The summed E-state index contributed by atoms with van der Waals surface area (Å²) in [6, 6.07) is 24.2. The molecule has 0 aliphatic heterocycles. The minimum Gasteiger partial charge on any atom is -0.326 e. The molecule has 0 aromatic heterocycles. The average Bonchev–Trinajstić information content (AvgIpc) is 2.75. The molecule has 3 aromatic rings. The summed E-state index contributed by atoms with van der Waals surface area (Å²) in [7, 11) is 0. The van der Waals surface area contributed by atoms with Gasteiger partial charge in [0.15, 0.2) is 6.04 Å². The topological polar surface area (TPSA) is 45.7 Å². The third kappa shape index (κ3) is 4.52. The van der Waals surface area contributed by atoms with E-state index in [9.17, 15) is 4.79 Å². The van der Waals surface area contributed by atoms with Crippen LogP contribution in [0.25, 0.3) is 0 Å². The van der Waals surface area contributed by atoms with Crippen molar-refractivity contribution in [1.82, 2.24) is 0 Å². The molecule has 2 atom stereocenters. The Kier molecular flexibility index (Phi) is 5.98. The summed E-state index contributed by atoms with van der Waals surface area (Å²) in [5, 5.41) is 5.94. The lowest BCUT2D eigenvalue weighted by molar-refractivity contribution is -0.723. The summed E-state index contributed by atoms with van der Waals surface area (Å²) in [6.45, 7) is 1.95. The molecule has 3 nitrogen and oxygen atoms in total. The molecule has 0 heterocycles. The van der Waals surface area contributed by atoms with Crippen LogP contribution >= 0.6 is 11.6 Å². The number of rotatable bonds is 5. The number of nitrogens with two attached hydrogens (primary N) is 1. The second-order valence-electron chi connectivity index (χ2n) is 7.73. The first-order valence-electron chi connectivity index (χ1n) is 10.2. The Labute approximate surface area is 177 Å². The van der Waals surface area contributed by atoms with Crippen LogP contribution in [-0.2, 0) is 11.2 Å². The number of hydrogen-bond acceptors (Lipinski definition) is 1. The fourth-order valence-corrected chi connectivity index (χ4v) is 4.31. The first-order chi connectivity index (χ1) is 14.1. The van der Waals surface area contributed by atoms with Crippen molar-refractivity contribution in [2.45, 2.75) is 38.3 Å². The van der Waals surface area contributed by atoms with Gasteiger partial charge in [-0.15, -0.1) is 0 Å². The van der Waals surface area contributed by atoms with E-state index in [1.54, 1.807) is 0 Å². The van der Waals surface area contributed by atoms with E-state index in [-0.39, 0.29) is 18.0 Å². The van der Waals surface area contributed by atoms with Crippen molar-refractivity contribution in [1.29, 1.82) is 0 Å². The molecule has 0 saturated carbocycles. The van der Waals surface area contributed by atoms with Crippen LogP contribution in [0.3, 0.4) is 0 Å². The third-order valence-corrected chi connectivity index (χ3v) is 6.13. The van der Waals surface area contributed by atoms with Gasteiger partial charge in [0.1, 0.15) is 6.04 Å². The maximum absolute atomic E-state index is 13.3. The highest BCUT2D eigenvalue weighted by Crippen LogP contribution is 2.28. The van der Waals surface area contributed by atoms with Gasteiger partial charge in [-0.2, -0.15) is 0 Å². The highest BCUT2D eigenvalue weighted by molar-refractivity contribution is 6.31. The van der Waals surface area contributed by atoms with E-state index in [2.05, 4.69) is 34.9 Å². The van der Waals surface area contributed by atoms with Crippen molar-refractivity contribution < 1.29 is 10.1 Å². The summed E-state index contributed by atoms with van der Waals surface area (Å²) >= 11 is 6.25. The summed E-state index contributed by atoms with van der Waals surface area (Å²) in [5.41, 5.74) is 5.48. The third-order valence-electron chi connectivity index (χ3n) is 5.72. The van der Waals surface area contributed by atoms with Gasteiger partial charge in [0, 0.05) is 28.3 Å². The van der Waals surface area contributed by atoms with Crippen molar-refractivity contribution in [2.24, 2.45) is 0 Å². The smallest absolute Gasteiger partial charge is 0.287 e. The van der Waals surface area contributed by atoms with Crippen LogP contribution in [-0.4, -0.2) is 5.91 Å². The van der Waals surface area contributed by atoms with Crippen LogP contribution in [0.2, 0.25) is 5.02 Å². The maximum atomic E-state index is 13.3. The SMILES string of the molecule is Cc1ccc(NC(=O)[C@@H]([NH2+][C@H]2CCCc3ccccc32)c2ccccc2)cc1Cl. The summed E-state index contributed by atoms with van der Waals surface area (Å²) in [5.74, 6) is -0.0285. The van der Waals surface area contributed by atoms with E-state index in [0.29, 0.717) is 5.02 Å². The van der Waals surface area contributed by atoms with Crippen LogP contribution < -0.4 is 10.6 Å². The van der Waals surface area contributed by atoms with Crippen LogP contribution in [0.1, 0.15) is 47.2 Å². The molecule has 0 fully saturated rings. The molecule has 3 aromatic carbocycles. The molecule has 1 aliphatic carbocycles. The van der Waals surface area contributed by atoms with Crippen molar-refractivity contribution in [2.75, 3.05) is 5.32 Å². The zero-order chi connectivity index (χ0) is 20.2. The van der Waals surface area contributed by atoms with Crippen LogP contribution in [0, 0.1) is 6.92 Å². The van der Waals surface area contributed by atoms with Gasteiger partial charge in [0.05, 0.1) is 0 Å². The van der Waals surface area contributed by atoms with Crippen molar-refractivity contribution in [3.05, 3.63) is 100 Å². The molecule has 0 saturated heterocycles. The lowest BCUT2D eigenvalue weighted by atomic mass is 9.87. The fraction of sp³-hybridized carbons (Fsp3) is 0.240. The second kappa shape index (κ2) is 8.81. The number of quaternary nitrogens is 1. The predicted molar refractivity (Wildman–Crippen MR) is 118 cm³/mol. The van der Waals surface area contributed by atoms with Gasteiger partial charge < -0.3 is 10.6 Å². The summed E-state index contributed by atoms with van der Waals surface area (Å²) < 4.78 is 0. The Bertz CT molecular complexity index is 1000. The molecule has 0 bridgehead atoms. The van der Waals surface area contributed by atoms with Gasteiger partial charge in [-0.3, -0.25) is 4.79 Å². The fourth-order valence-electron chi connectivity index (χ4n) is 4.12. The first kappa shape index (κ1) is 19.7. The molecule has 1 aliphatic rings. The van der Waals surface area contributed by atoms with Gasteiger partial charge >= 0.3 is 0 Å². The molecule has 0 radical (unpaired) electrons. The van der Waals surface area contributed by atoms with Gasteiger partial charge in [0.25, 0.3) is 5.91 Å². The van der Waals surface area contributed by atoms with Crippen LogP contribution in [0.4, 0.5) is 5.69 Å². The number of benzene rings is 3. The van der Waals surface area contributed by atoms with E-state index in [1.165, 1.54) is 11.1 Å². The molecule has 148 valence electrons. The van der Waals surface area contributed by atoms with Gasteiger partial charge in [-0.05, 0) is 43.0 Å². The van der Waals surface area contributed by atoms with E-state index >= 15 is 0 Å². The lowest BCUT2D eigenvalue weighted by Gasteiger charge is -2.27. The highest BCUT2D eigenvalue weighted by Gasteiger charge is 2.31.